The molecule has 0 bridgehead atoms. The predicted octanol–water partition coefficient (Wildman–Crippen LogP) is 4.01. The monoisotopic (exact) mass is 353 g/mol. The van der Waals surface area contributed by atoms with Crippen LogP contribution in [0.25, 0.3) is 0 Å². The Labute approximate surface area is 156 Å². The van der Waals surface area contributed by atoms with Gasteiger partial charge in [-0.2, -0.15) is 10.2 Å². The highest BCUT2D eigenvalue weighted by atomic mass is 16.5. The van der Waals surface area contributed by atoms with E-state index in [1.807, 2.05) is 50.5 Å². The van der Waals surface area contributed by atoms with Crippen molar-refractivity contribution in [1.29, 1.82) is 0 Å². The Morgan fingerprint density at radius 3 is 1.92 bits per heavy atom. The van der Waals surface area contributed by atoms with Gasteiger partial charge in [0, 0.05) is 26.4 Å². The van der Waals surface area contributed by atoms with Crippen LogP contribution in [0.15, 0.2) is 58.7 Å². The lowest BCUT2D eigenvalue weighted by atomic mass is 10.2. The molecule has 0 unspecified atom stereocenters. The van der Waals surface area contributed by atoms with Gasteiger partial charge in [0.05, 0.1) is 19.0 Å². The summed E-state index contributed by atoms with van der Waals surface area (Å²) in [4.78, 5) is 2.06. The molecular formula is C21H27N3O2. The molecule has 26 heavy (non-hydrogen) atoms. The summed E-state index contributed by atoms with van der Waals surface area (Å²) in [5.41, 5.74) is 3.14. The van der Waals surface area contributed by atoms with Crippen LogP contribution in [0.2, 0.25) is 0 Å². The second-order valence-electron chi connectivity index (χ2n) is 6.00. The van der Waals surface area contributed by atoms with Crippen LogP contribution in [0.1, 0.15) is 24.5 Å². The molecule has 2 aromatic carbocycles. The molecule has 0 fully saturated rings. The minimum absolute atomic E-state index is 0.560. The first-order valence-electron chi connectivity index (χ1n) is 8.83. The van der Waals surface area contributed by atoms with E-state index in [-0.39, 0.29) is 0 Å². The molecule has 0 N–H and O–H groups in total. The first-order valence-corrected chi connectivity index (χ1v) is 8.83. The van der Waals surface area contributed by atoms with E-state index in [2.05, 4.69) is 34.2 Å². The summed E-state index contributed by atoms with van der Waals surface area (Å²) < 4.78 is 11.0. The van der Waals surface area contributed by atoms with Gasteiger partial charge in [0.1, 0.15) is 12.4 Å². The van der Waals surface area contributed by atoms with Gasteiger partial charge in [0.15, 0.2) is 0 Å². The third-order valence-corrected chi connectivity index (χ3v) is 3.61. The average molecular weight is 353 g/mol. The van der Waals surface area contributed by atoms with Crippen molar-refractivity contribution in [3.8, 4) is 5.75 Å². The molecule has 0 aromatic heterocycles. The van der Waals surface area contributed by atoms with Crippen molar-refractivity contribution in [3.05, 3.63) is 59.7 Å². The van der Waals surface area contributed by atoms with E-state index in [4.69, 9.17) is 9.47 Å². The van der Waals surface area contributed by atoms with Gasteiger partial charge >= 0.3 is 0 Å². The summed E-state index contributed by atoms with van der Waals surface area (Å²) in [7, 11) is 4.04. The van der Waals surface area contributed by atoms with Crippen LogP contribution >= 0.6 is 0 Å². The van der Waals surface area contributed by atoms with E-state index in [0.29, 0.717) is 13.2 Å². The number of nitrogens with zero attached hydrogens (tertiary/aromatic N) is 3. The van der Waals surface area contributed by atoms with Crippen LogP contribution in [0.3, 0.4) is 0 Å². The van der Waals surface area contributed by atoms with E-state index in [1.165, 1.54) is 0 Å². The SMILES string of the molecule is CCCOCCOc1ccc(/C=N/N=C/c2ccc(N(C)C)cc2)cc1. The van der Waals surface area contributed by atoms with Gasteiger partial charge in [-0.1, -0.05) is 19.1 Å². The zero-order chi connectivity index (χ0) is 18.6. The Kier molecular flexibility index (Phi) is 8.36. The van der Waals surface area contributed by atoms with Crippen LogP contribution in [-0.4, -0.2) is 46.3 Å². The van der Waals surface area contributed by atoms with Crippen LogP contribution < -0.4 is 9.64 Å². The molecule has 5 heteroatoms. The van der Waals surface area contributed by atoms with Crippen molar-refractivity contribution < 1.29 is 9.47 Å². The highest BCUT2D eigenvalue weighted by molar-refractivity contribution is 5.83. The van der Waals surface area contributed by atoms with Gasteiger partial charge < -0.3 is 14.4 Å². The van der Waals surface area contributed by atoms with Crippen molar-refractivity contribution in [2.24, 2.45) is 10.2 Å². The van der Waals surface area contributed by atoms with Gasteiger partial charge in [-0.25, -0.2) is 0 Å². The Morgan fingerprint density at radius 1 is 0.808 bits per heavy atom. The van der Waals surface area contributed by atoms with Gasteiger partial charge in [0.2, 0.25) is 0 Å². The van der Waals surface area contributed by atoms with Crippen LogP contribution in [0.5, 0.6) is 5.75 Å². The second-order valence-corrected chi connectivity index (χ2v) is 6.00. The molecule has 0 saturated heterocycles. The smallest absolute Gasteiger partial charge is 0.119 e. The summed E-state index contributed by atoms with van der Waals surface area (Å²) in [6.45, 7) is 4.04. The number of ether oxygens (including phenoxy) is 2. The van der Waals surface area contributed by atoms with E-state index in [9.17, 15) is 0 Å². The number of rotatable bonds is 10. The van der Waals surface area contributed by atoms with Crippen molar-refractivity contribution in [3.63, 3.8) is 0 Å². The molecule has 0 radical (unpaired) electrons. The molecular weight excluding hydrogens is 326 g/mol. The fourth-order valence-corrected chi connectivity index (χ4v) is 2.17. The van der Waals surface area contributed by atoms with Crippen LogP contribution in [0.4, 0.5) is 5.69 Å². The first kappa shape index (κ1) is 19.7. The third kappa shape index (κ3) is 7.07. The highest BCUT2D eigenvalue weighted by Gasteiger charge is 1.95. The molecule has 0 amide bonds. The topological polar surface area (TPSA) is 46.4 Å². The van der Waals surface area contributed by atoms with Crippen molar-refractivity contribution in [2.75, 3.05) is 38.8 Å². The molecule has 0 spiro atoms. The van der Waals surface area contributed by atoms with Crippen molar-refractivity contribution in [1.82, 2.24) is 0 Å². The predicted molar refractivity (Wildman–Crippen MR) is 109 cm³/mol. The number of benzene rings is 2. The number of hydrogen-bond donors (Lipinski definition) is 0. The van der Waals surface area contributed by atoms with E-state index in [0.717, 1.165) is 35.6 Å². The maximum Gasteiger partial charge on any atom is 0.119 e. The van der Waals surface area contributed by atoms with Gasteiger partial charge in [-0.15, -0.1) is 0 Å². The fraction of sp³-hybridized carbons (Fsp3) is 0.333. The zero-order valence-corrected chi connectivity index (χ0v) is 15.8. The zero-order valence-electron chi connectivity index (χ0n) is 15.8. The van der Waals surface area contributed by atoms with Crippen LogP contribution in [0, 0.1) is 0 Å². The lowest BCUT2D eigenvalue weighted by Crippen LogP contribution is -2.08. The lowest BCUT2D eigenvalue weighted by molar-refractivity contribution is 0.101. The minimum atomic E-state index is 0.560. The van der Waals surface area contributed by atoms with E-state index < -0.39 is 0 Å². The average Bonchev–Trinajstić information content (AvgIpc) is 2.66. The van der Waals surface area contributed by atoms with Gasteiger partial charge in [-0.3, -0.25) is 0 Å². The fourth-order valence-electron chi connectivity index (χ4n) is 2.17. The van der Waals surface area contributed by atoms with Crippen molar-refractivity contribution >= 4 is 18.1 Å². The Bertz CT molecular complexity index is 692. The summed E-state index contributed by atoms with van der Waals surface area (Å²) in [6.07, 6.45) is 4.49. The summed E-state index contributed by atoms with van der Waals surface area (Å²) in [5, 5.41) is 8.19. The molecule has 5 nitrogen and oxygen atoms in total. The molecule has 0 saturated carbocycles. The Balaban J connectivity index is 1.78. The van der Waals surface area contributed by atoms with Crippen molar-refractivity contribution in [2.45, 2.75) is 13.3 Å². The molecule has 0 heterocycles. The molecule has 2 aromatic rings. The Hall–Kier alpha value is -2.66. The number of hydrogen-bond acceptors (Lipinski definition) is 5. The van der Waals surface area contributed by atoms with Gasteiger partial charge in [0.25, 0.3) is 0 Å². The Morgan fingerprint density at radius 2 is 1.38 bits per heavy atom. The number of anilines is 1. The summed E-state index contributed by atoms with van der Waals surface area (Å²) in [6, 6.07) is 15.9. The maximum absolute atomic E-state index is 5.61. The molecule has 0 aliphatic rings. The lowest BCUT2D eigenvalue weighted by Gasteiger charge is -2.11. The van der Waals surface area contributed by atoms with Gasteiger partial charge in [-0.05, 0) is 53.9 Å². The molecule has 2 rings (SSSR count). The second kappa shape index (κ2) is 11.1. The molecule has 0 aliphatic heterocycles. The quantitative estimate of drug-likeness (QED) is 0.368. The van der Waals surface area contributed by atoms with Crippen LogP contribution in [-0.2, 0) is 4.74 Å². The normalized spacial score (nSPS) is 11.3. The minimum Gasteiger partial charge on any atom is -0.491 e. The van der Waals surface area contributed by atoms with E-state index >= 15 is 0 Å². The largest absolute Gasteiger partial charge is 0.491 e. The van der Waals surface area contributed by atoms with E-state index in [1.54, 1.807) is 12.4 Å². The molecule has 0 aliphatic carbocycles. The summed E-state index contributed by atoms with van der Waals surface area (Å²) in [5.74, 6) is 0.826. The summed E-state index contributed by atoms with van der Waals surface area (Å²) >= 11 is 0. The molecule has 138 valence electrons. The standard InChI is InChI=1S/C21H27N3O2/c1-4-13-25-14-15-26-21-11-7-19(8-12-21)17-23-22-16-18-5-9-20(10-6-18)24(2)3/h5-12,16-17H,4,13-15H2,1-3H3/b22-16+,23-17+. The molecule has 0 atom stereocenters. The first-order chi connectivity index (χ1) is 12.7. The highest BCUT2D eigenvalue weighted by Crippen LogP contribution is 2.12. The third-order valence-electron chi connectivity index (χ3n) is 3.61. The maximum atomic E-state index is 5.61.